The molecule has 0 saturated heterocycles. The molecule has 3 aromatic carbocycles. The molecule has 0 aliphatic rings. The first-order valence-electron chi connectivity index (χ1n) is 14.5. The van der Waals surface area contributed by atoms with Crippen LogP contribution >= 0.6 is 0 Å². The number of amides is 2. The predicted octanol–water partition coefficient (Wildman–Crippen LogP) is 4.56. The first-order chi connectivity index (χ1) is 21.4. The molecule has 0 spiro atoms. The Morgan fingerprint density at radius 2 is 1.51 bits per heavy atom. The molecule has 1 N–H and O–H groups in total. The Bertz CT molecular complexity index is 1590. The van der Waals surface area contributed by atoms with Crippen LogP contribution in [0.25, 0.3) is 0 Å². The van der Waals surface area contributed by atoms with Crippen molar-refractivity contribution in [2.45, 2.75) is 57.6 Å². The maximum Gasteiger partial charge on any atom is 0.265 e. The lowest BCUT2D eigenvalue weighted by Crippen LogP contribution is -2.53. The normalized spacial score (nSPS) is 11.8. The van der Waals surface area contributed by atoms with E-state index in [2.05, 4.69) is 5.32 Å². The average molecular weight is 642 g/mol. The van der Waals surface area contributed by atoms with Gasteiger partial charge in [0.25, 0.3) is 10.0 Å². The Morgan fingerprint density at radius 3 is 2.09 bits per heavy atom. The summed E-state index contributed by atoms with van der Waals surface area (Å²) in [5, 5.41) is 2.90. The van der Waals surface area contributed by atoms with E-state index in [1.54, 1.807) is 12.1 Å². The van der Waals surface area contributed by atoms with Crippen LogP contribution in [0.4, 0.5) is 5.69 Å². The fraction of sp³-hybridized carbons (Fsp3) is 0.394. The van der Waals surface area contributed by atoms with Gasteiger partial charge in [-0.05, 0) is 57.0 Å². The minimum Gasteiger partial charge on any atom is -0.497 e. The molecule has 12 heteroatoms. The summed E-state index contributed by atoms with van der Waals surface area (Å²) < 4.78 is 51.4. The van der Waals surface area contributed by atoms with Gasteiger partial charge in [-0.3, -0.25) is 13.9 Å². The van der Waals surface area contributed by atoms with Crippen molar-refractivity contribution in [2.24, 2.45) is 0 Å². The van der Waals surface area contributed by atoms with Gasteiger partial charge in [0.15, 0.2) is 11.5 Å². The first-order valence-corrected chi connectivity index (χ1v) is 16.0. The van der Waals surface area contributed by atoms with Gasteiger partial charge in [-0.15, -0.1) is 0 Å². The van der Waals surface area contributed by atoms with E-state index in [0.717, 1.165) is 15.4 Å². The topological polar surface area (TPSA) is 124 Å². The molecule has 0 radical (unpaired) electrons. The molecule has 1 atom stereocenters. The maximum absolute atomic E-state index is 14.4. The lowest BCUT2D eigenvalue weighted by atomic mass is 10.1. The van der Waals surface area contributed by atoms with Gasteiger partial charge in [-0.1, -0.05) is 36.8 Å². The van der Waals surface area contributed by atoms with Crippen molar-refractivity contribution in [2.75, 3.05) is 39.3 Å². The van der Waals surface area contributed by atoms with Crippen LogP contribution < -0.4 is 28.6 Å². The predicted molar refractivity (Wildman–Crippen MR) is 173 cm³/mol. The lowest BCUT2D eigenvalue weighted by Gasteiger charge is -2.34. The summed E-state index contributed by atoms with van der Waals surface area (Å²) in [7, 11) is 1.27. The van der Waals surface area contributed by atoms with Crippen LogP contribution in [0.3, 0.4) is 0 Å². The first kappa shape index (κ1) is 35.0. The van der Waals surface area contributed by atoms with E-state index in [9.17, 15) is 18.0 Å². The van der Waals surface area contributed by atoms with Crippen molar-refractivity contribution >= 4 is 27.5 Å². The number of aryl methyl sites for hydroxylation is 1. The molecule has 2 amide bonds. The van der Waals surface area contributed by atoms with E-state index in [-0.39, 0.29) is 40.6 Å². The third kappa shape index (κ3) is 8.39. The SMILES string of the molecule is CCC(C(=O)NC(C)C)N(Cc1cccc(C)c1)C(=O)CN(c1cc(OC)ccc1OC)S(=O)(=O)c1ccc(OC)c(OC)c1. The second-order valence-electron chi connectivity index (χ2n) is 10.7. The van der Waals surface area contributed by atoms with E-state index in [1.165, 1.54) is 57.6 Å². The van der Waals surface area contributed by atoms with Crippen LogP contribution in [-0.2, 0) is 26.2 Å². The number of nitrogens with zero attached hydrogens (tertiary/aromatic N) is 2. The zero-order chi connectivity index (χ0) is 33.3. The number of ether oxygens (including phenoxy) is 4. The number of nitrogens with one attached hydrogen (secondary N) is 1. The number of anilines is 1. The van der Waals surface area contributed by atoms with Crippen molar-refractivity contribution in [3.63, 3.8) is 0 Å². The van der Waals surface area contributed by atoms with Gasteiger partial charge in [0.2, 0.25) is 11.8 Å². The largest absolute Gasteiger partial charge is 0.497 e. The quantitative estimate of drug-likeness (QED) is 0.256. The Hall–Kier alpha value is -4.45. The minimum absolute atomic E-state index is 0.0789. The van der Waals surface area contributed by atoms with E-state index in [1.807, 2.05) is 52.0 Å². The van der Waals surface area contributed by atoms with Gasteiger partial charge in [0.1, 0.15) is 24.1 Å². The molecule has 3 rings (SSSR count). The third-order valence-corrected chi connectivity index (χ3v) is 8.88. The van der Waals surface area contributed by atoms with Crippen LogP contribution in [0.5, 0.6) is 23.0 Å². The summed E-state index contributed by atoms with van der Waals surface area (Å²) in [4.78, 5) is 29.0. The smallest absolute Gasteiger partial charge is 0.265 e. The summed E-state index contributed by atoms with van der Waals surface area (Å²) in [6.45, 7) is 6.87. The molecule has 11 nitrogen and oxygen atoms in total. The monoisotopic (exact) mass is 641 g/mol. The molecule has 45 heavy (non-hydrogen) atoms. The Balaban J connectivity index is 2.20. The van der Waals surface area contributed by atoms with E-state index in [4.69, 9.17) is 18.9 Å². The Labute approximate surface area is 266 Å². The van der Waals surface area contributed by atoms with Crippen LogP contribution in [0.15, 0.2) is 65.6 Å². The zero-order valence-electron chi connectivity index (χ0n) is 27.1. The van der Waals surface area contributed by atoms with Crippen LogP contribution in [0.2, 0.25) is 0 Å². The Kier molecular flexibility index (Phi) is 12.1. The van der Waals surface area contributed by atoms with Gasteiger partial charge in [-0.25, -0.2) is 8.42 Å². The van der Waals surface area contributed by atoms with Gasteiger partial charge in [0, 0.05) is 24.7 Å². The van der Waals surface area contributed by atoms with Gasteiger partial charge in [0.05, 0.1) is 39.0 Å². The molecular formula is C33H43N3O8S. The second kappa shape index (κ2) is 15.5. The standard InChI is InChI=1S/C33H43N3O8S/c1-9-27(33(38)34-22(2)3)35(20-24-12-10-11-23(4)17-24)32(37)21-36(28-18-25(41-5)13-15-29(28)42-6)45(39,40)26-14-16-30(43-7)31(19-26)44-8/h10-19,22,27H,9,20-21H2,1-8H3,(H,34,38). The molecule has 0 saturated carbocycles. The van der Waals surface area contributed by atoms with E-state index < -0.39 is 28.5 Å². The number of sulfonamides is 1. The highest BCUT2D eigenvalue weighted by Crippen LogP contribution is 2.38. The number of methoxy groups -OCH3 is 4. The third-order valence-electron chi connectivity index (χ3n) is 7.13. The summed E-state index contributed by atoms with van der Waals surface area (Å²) in [6, 6.07) is 15.4. The summed E-state index contributed by atoms with van der Waals surface area (Å²) in [5.41, 5.74) is 1.86. The number of carbonyl (C=O) groups is 2. The van der Waals surface area contributed by atoms with E-state index >= 15 is 0 Å². The molecule has 244 valence electrons. The molecule has 0 heterocycles. The fourth-order valence-electron chi connectivity index (χ4n) is 4.92. The number of hydrogen-bond donors (Lipinski definition) is 1. The average Bonchev–Trinajstić information content (AvgIpc) is 3.02. The number of hydrogen-bond acceptors (Lipinski definition) is 8. The van der Waals surface area contributed by atoms with E-state index in [0.29, 0.717) is 17.9 Å². The van der Waals surface area contributed by atoms with Crippen molar-refractivity contribution in [3.8, 4) is 23.0 Å². The molecule has 0 bridgehead atoms. The highest BCUT2D eigenvalue weighted by Gasteiger charge is 2.35. The van der Waals surface area contributed by atoms with Crippen molar-refractivity contribution < 1.29 is 37.0 Å². The van der Waals surface area contributed by atoms with Crippen molar-refractivity contribution in [1.82, 2.24) is 10.2 Å². The molecule has 0 aliphatic heterocycles. The Morgan fingerprint density at radius 1 is 0.844 bits per heavy atom. The molecule has 1 unspecified atom stereocenters. The maximum atomic E-state index is 14.4. The van der Waals surface area contributed by atoms with Crippen LogP contribution in [0, 0.1) is 6.92 Å². The molecule has 3 aromatic rings. The summed E-state index contributed by atoms with van der Waals surface area (Å²) in [6.07, 6.45) is 0.307. The second-order valence-corrected chi connectivity index (χ2v) is 12.5. The minimum atomic E-state index is -4.43. The fourth-order valence-corrected chi connectivity index (χ4v) is 6.35. The van der Waals surface area contributed by atoms with Crippen molar-refractivity contribution in [3.05, 3.63) is 71.8 Å². The highest BCUT2D eigenvalue weighted by molar-refractivity contribution is 7.92. The molecule has 0 fully saturated rings. The zero-order valence-corrected chi connectivity index (χ0v) is 27.9. The van der Waals surface area contributed by atoms with Gasteiger partial charge < -0.3 is 29.2 Å². The van der Waals surface area contributed by atoms with Crippen LogP contribution in [0.1, 0.15) is 38.3 Å². The van der Waals surface area contributed by atoms with Gasteiger partial charge >= 0.3 is 0 Å². The number of rotatable bonds is 15. The highest BCUT2D eigenvalue weighted by atomic mass is 32.2. The van der Waals surface area contributed by atoms with Gasteiger partial charge in [-0.2, -0.15) is 0 Å². The number of carbonyl (C=O) groups excluding carboxylic acids is 2. The molecular weight excluding hydrogens is 598 g/mol. The molecule has 0 aliphatic carbocycles. The summed E-state index contributed by atoms with van der Waals surface area (Å²) in [5.74, 6) is 0.162. The summed E-state index contributed by atoms with van der Waals surface area (Å²) >= 11 is 0. The van der Waals surface area contributed by atoms with Crippen molar-refractivity contribution in [1.29, 1.82) is 0 Å². The lowest BCUT2D eigenvalue weighted by molar-refractivity contribution is -0.140. The number of benzene rings is 3. The molecule has 0 aromatic heterocycles. The van der Waals surface area contributed by atoms with Crippen LogP contribution in [-0.4, -0.2) is 72.2 Å².